The monoisotopic (exact) mass is 388 g/mol. The Morgan fingerprint density at radius 3 is 2.72 bits per heavy atom. The van der Waals surface area contributed by atoms with Crippen LogP contribution in [0.5, 0.6) is 0 Å². The Bertz CT molecular complexity index is 864. The number of hydrogen-bond donors (Lipinski definition) is 2. The molecular formula is C15H20N2O6S2. The lowest BCUT2D eigenvalue weighted by atomic mass is 10.1. The molecule has 1 fully saturated rings. The van der Waals surface area contributed by atoms with Gasteiger partial charge in [0.2, 0.25) is 20.0 Å². The molecule has 0 radical (unpaired) electrons. The van der Waals surface area contributed by atoms with E-state index in [9.17, 15) is 21.6 Å². The molecule has 0 unspecified atom stereocenters. The van der Waals surface area contributed by atoms with Crippen molar-refractivity contribution < 1.29 is 26.7 Å². The first-order valence-corrected chi connectivity index (χ1v) is 10.6. The van der Waals surface area contributed by atoms with E-state index in [2.05, 4.69) is 11.3 Å². The lowest BCUT2D eigenvalue weighted by Crippen LogP contribution is -2.32. The molecule has 25 heavy (non-hydrogen) atoms. The third-order valence-corrected chi connectivity index (χ3v) is 6.80. The van der Waals surface area contributed by atoms with Gasteiger partial charge in [-0.05, 0) is 30.0 Å². The van der Waals surface area contributed by atoms with Crippen LogP contribution < -0.4 is 4.72 Å². The molecule has 1 aromatic rings. The van der Waals surface area contributed by atoms with Crippen molar-refractivity contribution in [3.05, 3.63) is 41.8 Å². The van der Waals surface area contributed by atoms with Crippen LogP contribution in [-0.2, 0) is 31.3 Å². The van der Waals surface area contributed by atoms with Crippen molar-refractivity contribution in [2.75, 3.05) is 19.6 Å². The number of carboxylic acids is 1. The van der Waals surface area contributed by atoms with Crippen LogP contribution in [0.15, 0.2) is 41.1 Å². The average molecular weight is 388 g/mol. The summed E-state index contributed by atoms with van der Waals surface area (Å²) in [6, 6.07) is 5.85. The predicted molar refractivity (Wildman–Crippen MR) is 91.8 cm³/mol. The maximum absolute atomic E-state index is 12.7. The van der Waals surface area contributed by atoms with Gasteiger partial charge in [0.1, 0.15) is 0 Å². The molecule has 2 N–H and O–H groups in total. The Kier molecular flexibility index (Phi) is 5.99. The zero-order valence-corrected chi connectivity index (χ0v) is 15.1. The van der Waals surface area contributed by atoms with Crippen molar-refractivity contribution in [2.45, 2.75) is 17.7 Å². The van der Waals surface area contributed by atoms with E-state index in [-0.39, 0.29) is 36.9 Å². The highest BCUT2D eigenvalue weighted by Crippen LogP contribution is 2.24. The molecule has 1 aliphatic heterocycles. The highest BCUT2D eigenvalue weighted by atomic mass is 32.2. The van der Waals surface area contributed by atoms with Gasteiger partial charge in [-0.2, -0.15) is 4.31 Å². The van der Waals surface area contributed by atoms with Gasteiger partial charge in [-0.3, -0.25) is 4.79 Å². The maximum Gasteiger partial charge on any atom is 0.307 e. The Morgan fingerprint density at radius 2 is 2.08 bits per heavy atom. The van der Waals surface area contributed by atoms with Crippen molar-refractivity contribution in [3.63, 3.8) is 0 Å². The van der Waals surface area contributed by atoms with E-state index in [4.69, 9.17) is 5.11 Å². The fourth-order valence-electron chi connectivity index (χ4n) is 2.61. The molecule has 1 aromatic carbocycles. The van der Waals surface area contributed by atoms with Gasteiger partial charge in [-0.1, -0.05) is 18.7 Å². The number of hydrogen-bond acceptors (Lipinski definition) is 5. The van der Waals surface area contributed by atoms with Crippen LogP contribution in [0.25, 0.3) is 0 Å². The predicted octanol–water partition coefficient (Wildman–Crippen LogP) is 0.387. The molecule has 1 heterocycles. The van der Waals surface area contributed by atoms with Crippen molar-refractivity contribution in [2.24, 2.45) is 5.92 Å². The third-order valence-electron chi connectivity index (χ3n) is 3.93. The van der Waals surface area contributed by atoms with Crippen LogP contribution in [0, 0.1) is 5.92 Å². The van der Waals surface area contributed by atoms with E-state index in [0.29, 0.717) is 12.0 Å². The van der Waals surface area contributed by atoms with E-state index in [1.54, 1.807) is 6.07 Å². The third kappa shape index (κ3) is 5.11. The largest absolute Gasteiger partial charge is 0.481 e. The van der Waals surface area contributed by atoms with Gasteiger partial charge < -0.3 is 5.11 Å². The van der Waals surface area contributed by atoms with E-state index in [1.807, 2.05) is 0 Å². The average Bonchev–Trinajstić information content (AvgIpc) is 3.02. The van der Waals surface area contributed by atoms with Gasteiger partial charge in [-0.15, -0.1) is 0 Å². The molecule has 1 aliphatic rings. The fourth-order valence-corrected chi connectivity index (χ4v) is 4.80. The van der Waals surface area contributed by atoms with Gasteiger partial charge in [-0.25, -0.2) is 21.6 Å². The summed E-state index contributed by atoms with van der Waals surface area (Å²) in [6.07, 6.45) is 0.281. The molecule has 0 amide bonds. The summed E-state index contributed by atoms with van der Waals surface area (Å²) in [5.41, 5.74) is 0.406. The molecule has 1 saturated heterocycles. The number of carboxylic acid groups (broad SMARTS) is 1. The molecule has 10 heteroatoms. The topological polar surface area (TPSA) is 121 Å². The first kappa shape index (κ1) is 19.6. The fraction of sp³-hybridized carbons (Fsp3) is 0.400. The minimum atomic E-state index is -3.75. The standard InChI is InChI=1S/C15H20N2O6S2/c1-2-24(20,21)16-10-13-6-7-17(11-13)25(22,23)14-5-3-4-12(8-14)9-15(18)19/h2-5,8,13,16H,1,6-7,9-11H2,(H,18,19)/t13-/m1/s1. The van der Waals surface area contributed by atoms with Gasteiger partial charge in [0.15, 0.2) is 0 Å². The summed E-state index contributed by atoms with van der Waals surface area (Å²) >= 11 is 0. The zero-order chi connectivity index (χ0) is 18.7. The zero-order valence-electron chi connectivity index (χ0n) is 13.5. The number of nitrogens with zero attached hydrogens (tertiary/aromatic N) is 1. The first-order chi connectivity index (χ1) is 11.6. The molecule has 0 aliphatic carbocycles. The molecule has 0 aromatic heterocycles. The molecule has 0 bridgehead atoms. The van der Waals surface area contributed by atoms with E-state index >= 15 is 0 Å². The smallest absolute Gasteiger partial charge is 0.307 e. The molecule has 138 valence electrons. The molecule has 2 rings (SSSR count). The van der Waals surface area contributed by atoms with Crippen molar-refractivity contribution in [3.8, 4) is 0 Å². The van der Waals surface area contributed by atoms with Crippen LogP contribution in [0.1, 0.15) is 12.0 Å². The SMILES string of the molecule is C=CS(=O)(=O)NC[C@H]1CCN(S(=O)(=O)c2cccc(CC(=O)O)c2)C1. The summed E-state index contributed by atoms with van der Waals surface area (Å²) in [4.78, 5) is 10.8. The van der Waals surface area contributed by atoms with Crippen LogP contribution in [0.2, 0.25) is 0 Å². The Hall–Kier alpha value is -1.75. The molecule has 0 spiro atoms. The number of benzene rings is 1. The number of sulfonamides is 2. The number of carbonyl (C=O) groups is 1. The van der Waals surface area contributed by atoms with Gasteiger partial charge in [0, 0.05) is 25.0 Å². The molecule has 8 nitrogen and oxygen atoms in total. The second-order valence-corrected chi connectivity index (χ2v) is 9.45. The number of aliphatic carboxylic acids is 1. The summed E-state index contributed by atoms with van der Waals surface area (Å²) < 4.78 is 51.8. The van der Waals surface area contributed by atoms with Crippen molar-refractivity contribution in [1.82, 2.24) is 9.03 Å². The van der Waals surface area contributed by atoms with Crippen LogP contribution in [-0.4, -0.2) is 51.9 Å². The van der Waals surface area contributed by atoms with Crippen molar-refractivity contribution in [1.29, 1.82) is 0 Å². The Balaban J connectivity index is 2.08. The molecule has 0 saturated carbocycles. The first-order valence-electron chi connectivity index (χ1n) is 7.57. The Morgan fingerprint density at radius 1 is 1.36 bits per heavy atom. The van der Waals surface area contributed by atoms with Crippen LogP contribution >= 0.6 is 0 Å². The van der Waals surface area contributed by atoms with E-state index in [0.717, 1.165) is 5.41 Å². The quantitative estimate of drug-likeness (QED) is 0.664. The van der Waals surface area contributed by atoms with Gasteiger partial charge in [0.05, 0.1) is 11.3 Å². The van der Waals surface area contributed by atoms with Crippen LogP contribution in [0.3, 0.4) is 0 Å². The second kappa shape index (κ2) is 7.65. The number of rotatable bonds is 8. The van der Waals surface area contributed by atoms with E-state index in [1.165, 1.54) is 22.5 Å². The minimum absolute atomic E-state index is 0.0403. The summed E-state index contributed by atoms with van der Waals surface area (Å²) in [5, 5.41) is 9.64. The molecular weight excluding hydrogens is 368 g/mol. The minimum Gasteiger partial charge on any atom is -0.481 e. The number of nitrogens with one attached hydrogen (secondary N) is 1. The highest BCUT2D eigenvalue weighted by molar-refractivity contribution is 7.92. The Labute approximate surface area is 147 Å². The normalized spacial score (nSPS) is 19.0. The second-order valence-electron chi connectivity index (χ2n) is 5.80. The van der Waals surface area contributed by atoms with Crippen molar-refractivity contribution >= 4 is 26.0 Å². The van der Waals surface area contributed by atoms with E-state index < -0.39 is 26.0 Å². The lowest BCUT2D eigenvalue weighted by Gasteiger charge is -2.17. The highest BCUT2D eigenvalue weighted by Gasteiger charge is 2.33. The summed E-state index contributed by atoms with van der Waals surface area (Å²) in [7, 11) is -7.29. The molecule has 1 atom stereocenters. The lowest BCUT2D eigenvalue weighted by molar-refractivity contribution is -0.136. The van der Waals surface area contributed by atoms with Gasteiger partial charge in [0.25, 0.3) is 0 Å². The van der Waals surface area contributed by atoms with Gasteiger partial charge >= 0.3 is 5.97 Å². The maximum atomic E-state index is 12.7. The summed E-state index contributed by atoms with van der Waals surface area (Å²) in [6.45, 7) is 3.82. The van der Waals surface area contributed by atoms with Crippen LogP contribution in [0.4, 0.5) is 0 Å². The summed E-state index contributed by atoms with van der Waals surface area (Å²) in [5.74, 6) is -1.17.